The minimum atomic E-state index is -4.42. The van der Waals surface area contributed by atoms with Crippen LogP contribution in [0.4, 0.5) is 27.8 Å². The summed E-state index contributed by atoms with van der Waals surface area (Å²) in [5, 5.41) is 2.76. The Bertz CT molecular complexity index is 846. The first kappa shape index (κ1) is 21.0. The number of nitrogens with zero attached hydrogens (tertiary/aromatic N) is 2. The number of benzene rings is 1. The third kappa shape index (κ3) is 5.42. The van der Waals surface area contributed by atoms with Crippen LogP contribution in [0.2, 0.25) is 0 Å². The molecule has 1 N–H and O–H groups in total. The first-order chi connectivity index (χ1) is 13.7. The number of pyridine rings is 1. The summed E-state index contributed by atoms with van der Waals surface area (Å²) in [7, 11) is 0. The van der Waals surface area contributed by atoms with Gasteiger partial charge in [0.05, 0.1) is 5.56 Å². The first-order valence-corrected chi connectivity index (χ1v) is 9.24. The van der Waals surface area contributed by atoms with E-state index in [4.69, 9.17) is 0 Å². The Morgan fingerprint density at radius 2 is 1.86 bits per heavy atom. The van der Waals surface area contributed by atoms with Crippen LogP contribution in [0.15, 0.2) is 36.5 Å². The van der Waals surface area contributed by atoms with Gasteiger partial charge in [-0.2, -0.15) is 13.2 Å². The molecule has 1 saturated heterocycles. The van der Waals surface area contributed by atoms with Gasteiger partial charge in [0.2, 0.25) is 5.91 Å². The van der Waals surface area contributed by atoms with Crippen molar-refractivity contribution in [1.29, 1.82) is 0 Å². The lowest BCUT2D eigenvalue weighted by Gasteiger charge is -2.32. The van der Waals surface area contributed by atoms with Crippen LogP contribution in [0, 0.1) is 17.6 Å². The van der Waals surface area contributed by atoms with Gasteiger partial charge in [0.15, 0.2) is 0 Å². The van der Waals surface area contributed by atoms with E-state index in [1.165, 1.54) is 18.2 Å². The molecule has 0 radical (unpaired) electrons. The molecule has 4 nitrogen and oxygen atoms in total. The number of alkyl halides is 3. The first-order valence-electron chi connectivity index (χ1n) is 9.24. The second-order valence-corrected chi connectivity index (χ2v) is 6.94. The summed E-state index contributed by atoms with van der Waals surface area (Å²) in [5.41, 5.74) is -0.469. The molecule has 1 aliphatic heterocycles. The summed E-state index contributed by atoms with van der Waals surface area (Å²) >= 11 is 0. The van der Waals surface area contributed by atoms with Crippen molar-refractivity contribution in [3.8, 4) is 0 Å². The topological polar surface area (TPSA) is 45.2 Å². The number of rotatable bonds is 5. The second-order valence-electron chi connectivity index (χ2n) is 6.94. The van der Waals surface area contributed by atoms with E-state index in [-0.39, 0.29) is 24.8 Å². The third-order valence-electron chi connectivity index (χ3n) is 4.97. The number of nitrogens with one attached hydrogen (secondary N) is 1. The zero-order valence-corrected chi connectivity index (χ0v) is 15.5. The predicted molar refractivity (Wildman–Crippen MR) is 97.2 cm³/mol. The summed E-state index contributed by atoms with van der Waals surface area (Å²) in [6.07, 6.45) is -2.28. The number of hydrogen-bond donors (Lipinski definition) is 1. The van der Waals surface area contributed by atoms with Gasteiger partial charge in [-0.25, -0.2) is 13.8 Å². The van der Waals surface area contributed by atoms with Gasteiger partial charge in [0.1, 0.15) is 17.5 Å². The number of piperidine rings is 1. The van der Waals surface area contributed by atoms with Crippen molar-refractivity contribution >= 4 is 11.7 Å². The fourth-order valence-electron chi connectivity index (χ4n) is 3.30. The zero-order valence-electron chi connectivity index (χ0n) is 15.5. The van der Waals surface area contributed by atoms with E-state index in [0.29, 0.717) is 37.3 Å². The molecule has 0 atom stereocenters. The highest BCUT2D eigenvalue weighted by atomic mass is 19.4. The van der Waals surface area contributed by atoms with Crippen molar-refractivity contribution in [2.75, 3.05) is 24.5 Å². The number of carbonyl (C=O) groups is 1. The van der Waals surface area contributed by atoms with E-state index in [0.717, 1.165) is 18.3 Å². The molecule has 156 valence electrons. The van der Waals surface area contributed by atoms with E-state index in [2.05, 4.69) is 10.3 Å². The predicted octanol–water partition coefficient (Wildman–Crippen LogP) is 3.95. The van der Waals surface area contributed by atoms with Gasteiger partial charge in [-0.15, -0.1) is 0 Å². The van der Waals surface area contributed by atoms with Crippen molar-refractivity contribution in [2.45, 2.75) is 25.4 Å². The molecule has 3 rings (SSSR count). The average molecular weight is 413 g/mol. The standard InChI is InChI=1S/C20H20F5N3O/c21-16-3-1-13(17(22)11-16)5-8-26-19(29)14-6-9-28(10-7-14)18-4-2-15(12-27-18)20(23,24)25/h1-4,11-12,14H,5-10H2,(H,26,29). The van der Waals surface area contributed by atoms with Crippen molar-refractivity contribution in [3.63, 3.8) is 0 Å². The number of aromatic nitrogens is 1. The molecule has 0 bridgehead atoms. The smallest absolute Gasteiger partial charge is 0.357 e. The van der Waals surface area contributed by atoms with Crippen LogP contribution in [0.3, 0.4) is 0 Å². The number of amides is 1. The Morgan fingerprint density at radius 1 is 1.14 bits per heavy atom. The highest BCUT2D eigenvalue weighted by Gasteiger charge is 2.31. The van der Waals surface area contributed by atoms with Gasteiger partial charge in [-0.1, -0.05) is 6.07 Å². The Morgan fingerprint density at radius 3 is 2.45 bits per heavy atom. The number of hydrogen-bond acceptors (Lipinski definition) is 3. The maximum Gasteiger partial charge on any atom is 0.417 e. The Labute approximate surface area is 164 Å². The van der Waals surface area contributed by atoms with E-state index < -0.39 is 23.4 Å². The highest BCUT2D eigenvalue weighted by molar-refractivity contribution is 5.79. The second kappa shape index (κ2) is 8.75. The van der Waals surface area contributed by atoms with Gasteiger partial charge in [-0.3, -0.25) is 4.79 Å². The van der Waals surface area contributed by atoms with Crippen molar-refractivity contribution in [2.24, 2.45) is 5.92 Å². The molecular formula is C20H20F5N3O. The van der Waals surface area contributed by atoms with Crippen LogP contribution < -0.4 is 10.2 Å². The molecule has 0 saturated carbocycles. The molecule has 0 spiro atoms. The molecule has 0 aliphatic carbocycles. The van der Waals surface area contributed by atoms with Crippen LogP contribution in [0.25, 0.3) is 0 Å². The maximum atomic E-state index is 13.6. The third-order valence-corrected chi connectivity index (χ3v) is 4.97. The molecule has 9 heteroatoms. The molecule has 2 aromatic rings. The summed E-state index contributed by atoms with van der Waals surface area (Å²) in [4.78, 5) is 18.0. The monoisotopic (exact) mass is 413 g/mol. The highest BCUT2D eigenvalue weighted by Crippen LogP contribution is 2.30. The molecule has 1 aliphatic rings. The van der Waals surface area contributed by atoms with E-state index in [9.17, 15) is 26.7 Å². The largest absolute Gasteiger partial charge is 0.417 e. The summed E-state index contributed by atoms with van der Waals surface area (Å²) in [6, 6.07) is 5.66. The van der Waals surface area contributed by atoms with Crippen LogP contribution in [0.5, 0.6) is 0 Å². The minimum absolute atomic E-state index is 0.146. The van der Waals surface area contributed by atoms with Crippen molar-refractivity contribution in [3.05, 3.63) is 59.3 Å². The van der Waals surface area contributed by atoms with Crippen molar-refractivity contribution in [1.82, 2.24) is 10.3 Å². The van der Waals surface area contributed by atoms with Gasteiger partial charge in [-0.05, 0) is 43.0 Å². The summed E-state index contributed by atoms with van der Waals surface area (Å²) < 4.78 is 64.3. The molecule has 1 aromatic carbocycles. The van der Waals surface area contributed by atoms with Crippen LogP contribution >= 0.6 is 0 Å². The van der Waals surface area contributed by atoms with Gasteiger partial charge < -0.3 is 10.2 Å². The fourth-order valence-corrected chi connectivity index (χ4v) is 3.30. The normalized spacial score (nSPS) is 15.4. The zero-order chi connectivity index (χ0) is 21.0. The lowest BCUT2D eigenvalue weighted by atomic mass is 9.95. The Balaban J connectivity index is 1.45. The average Bonchev–Trinajstić information content (AvgIpc) is 2.69. The van der Waals surface area contributed by atoms with Crippen LogP contribution in [-0.4, -0.2) is 30.5 Å². The minimum Gasteiger partial charge on any atom is -0.357 e. The molecule has 29 heavy (non-hydrogen) atoms. The fraction of sp³-hybridized carbons (Fsp3) is 0.400. The van der Waals surface area contributed by atoms with Gasteiger partial charge >= 0.3 is 6.18 Å². The summed E-state index contributed by atoms with van der Waals surface area (Å²) in [6.45, 7) is 1.24. The van der Waals surface area contributed by atoms with Gasteiger partial charge in [0.25, 0.3) is 0 Å². The number of carbonyl (C=O) groups excluding carboxylic acids is 1. The van der Waals surface area contributed by atoms with E-state index >= 15 is 0 Å². The van der Waals surface area contributed by atoms with Crippen LogP contribution in [0.1, 0.15) is 24.0 Å². The molecule has 0 unspecified atom stereocenters. The van der Waals surface area contributed by atoms with Crippen molar-refractivity contribution < 1.29 is 26.7 Å². The quantitative estimate of drug-likeness (QED) is 0.755. The lowest BCUT2D eigenvalue weighted by Crippen LogP contribution is -2.41. The maximum absolute atomic E-state index is 13.6. The molecule has 1 fully saturated rings. The molecule has 2 heterocycles. The summed E-state index contributed by atoms with van der Waals surface area (Å²) in [5.74, 6) is -1.21. The SMILES string of the molecule is O=C(NCCc1ccc(F)cc1F)C1CCN(c2ccc(C(F)(F)F)cn2)CC1. The van der Waals surface area contributed by atoms with Gasteiger partial charge in [0, 0.05) is 37.8 Å². The molecule has 1 aromatic heterocycles. The van der Waals surface area contributed by atoms with E-state index in [1.807, 2.05) is 4.90 Å². The lowest BCUT2D eigenvalue weighted by molar-refractivity contribution is -0.137. The van der Waals surface area contributed by atoms with E-state index in [1.54, 1.807) is 0 Å². The Hall–Kier alpha value is -2.71. The number of halogens is 5. The van der Waals surface area contributed by atoms with Crippen LogP contribution in [-0.2, 0) is 17.4 Å². The number of anilines is 1. The Kier molecular flexibility index (Phi) is 6.34. The molecular weight excluding hydrogens is 393 g/mol. The molecule has 1 amide bonds.